The number of halogens is 1. The van der Waals surface area contributed by atoms with Gasteiger partial charge in [0.2, 0.25) is 6.33 Å². The molecule has 0 amide bonds. The minimum atomic E-state index is -0.379. The molecular weight excluding hydrogens is 159 g/mol. The van der Waals surface area contributed by atoms with E-state index in [2.05, 4.69) is 21.0 Å². The van der Waals surface area contributed by atoms with Crippen molar-refractivity contribution in [3.63, 3.8) is 0 Å². The molecule has 0 bridgehead atoms. The van der Waals surface area contributed by atoms with E-state index in [1.165, 1.54) is 6.07 Å². The first-order chi connectivity index (χ1) is 5.88. The second kappa shape index (κ2) is 2.73. The first kappa shape index (κ1) is 6.97. The summed E-state index contributed by atoms with van der Waals surface area (Å²) in [6.07, 6.45) is 2.22. The molecule has 0 atom stereocenters. The van der Waals surface area contributed by atoms with Crippen LogP contribution in [0.3, 0.4) is 0 Å². The summed E-state index contributed by atoms with van der Waals surface area (Å²) >= 11 is 0. The summed E-state index contributed by atoms with van der Waals surface area (Å²) in [6, 6.07) is 6.19. The fraction of sp³-hybridized carbons (Fsp3) is 0. The summed E-state index contributed by atoms with van der Waals surface area (Å²) in [5.74, 6) is -0.233. The number of aromatic nitrogens is 2. The van der Waals surface area contributed by atoms with Crippen molar-refractivity contribution in [1.82, 2.24) is 10.1 Å². The van der Waals surface area contributed by atoms with Gasteiger partial charge in [0, 0.05) is 0 Å². The zero-order valence-corrected chi connectivity index (χ0v) is 5.99. The van der Waals surface area contributed by atoms with Gasteiger partial charge >= 0.3 is 0 Å². The van der Waals surface area contributed by atoms with E-state index in [1.54, 1.807) is 18.2 Å². The molecule has 0 saturated carbocycles. The van der Waals surface area contributed by atoms with E-state index in [0.717, 1.165) is 0 Å². The van der Waals surface area contributed by atoms with Crippen molar-refractivity contribution >= 4 is 0 Å². The number of benzene rings is 1. The summed E-state index contributed by atoms with van der Waals surface area (Å²) in [4.78, 5) is 3.60. The molecule has 4 heteroatoms. The van der Waals surface area contributed by atoms with Crippen LogP contribution in [-0.4, -0.2) is 10.1 Å². The molecule has 2 rings (SSSR count). The Balaban J connectivity index is 2.55. The lowest BCUT2D eigenvalue weighted by molar-refractivity contribution is 0.426. The Hall–Kier alpha value is -1.71. The Bertz CT molecular complexity index is 372. The Labute approximate surface area is 67.8 Å². The molecule has 59 valence electrons. The Kier molecular flexibility index (Phi) is 1.59. The van der Waals surface area contributed by atoms with E-state index >= 15 is 0 Å². The zero-order valence-electron chi connectivity index (χ0n) is 5.99. The lowest BCUT2D eigenvalue weighted by atomic mass is 10.2. The highest BCUT2D eigenvalue weighted by Gasteiger charge is 2.08. The van der Waals surface area contributed by atoms with Gasteiger partial charge in [-0.2, -0.15) is 4.98 Å². The molecule has 1 heterocycles. The van der Waals surface area contributed by atoms with Gasteiger partial charge in [-0.15, -0.1) is 0 Å². The molecule has 0 spiro atoms. The molecule has 1 radical (unpaired) electrons. The molecule has 0 aliphatic carbocycles. The minimum absolute atomic E-state index is 0.146. The molecule has 1 aromatic heterocycles. The van der Waals surface area contributed by atoms with Crippen LogP contribution in [0, 0.1) is 12.1 Å². The van der Waals surface area contributed by atoms with E-state index in [9.17, 15) is 4.39 Å². The molecule has 0 N–H and O–H groups in total. The number of hydrogen-bond donors (Lipinski definition) is 0. The highest BCUT2D eigenvalue weighted by Crippen LogP contribution is 2.18. The number of nitrogens with zero attached hydrogens (tertiary/aromatic N) is 2. The van der Waals surface area contributed by atoms with Gasteiger partial charge in [0.15, 0.2) is 0 Å². The second-order valence-electron chi connectivity index (χ2n) is 2.18. The first-order valence-corrected chi connectivity index (χ1v) is 3.32. The molecular formula is C8H4FN2O. The van der Waals surface area contributed by atoms with Crippen LogP contribution in [0.25, 0.3) is 11.5 Å². The van der Waals surface area contributed by atoms with Crippen LogP contribution in [0.4, 0.5) is 4.39 Å². The van der Waals surface area contributed by atoms with Crippen LogP contribution in [0.2, 0.25) is 0 Å². The van der Waals surface area contributed by atoms with E-state index in [1.807, 2.05) is 0 Å². The van der Waals surface area contributed by atoms with Crippen LogP contribution in [-0.2, 0) is 0 Å². The third kappa shape index (κ3) is 1.07. The van der Waals surface area contributed by atoms with Gasteiger partial charge < -0.3 is 4.52 Å². The van der Waals surface area contributed by atoms with Gasteiger partial charge in [-0.25, -0.2) is 4.39 Å². The molecule has 0 aliphatic heterocycles. The predicted octanol–water partition coefficient (Wildman–Crippen LogP) is 1.68. The molecule has 0 saturated heterocycles. The highest BCUT2D eigenvalue weighted by molar-refractivity contribution is 5.52. The van der Waals surface area contributed by atoms with Crippen molar-refractivity contribution in [1.29, 1.82) is 0 Å². The van der Waals surface area contributed by atoms with Crippen molar-refractivity contribution < 1.29 is 8.91 Å². The molecule has 0 aliphatic rings. The van der Waals surface area contributed by atoms with Crippen LogP contribution < -0.4 is 0 Å². The number of hydrogen-bond acceptors (Lipinski definition) is 3. The average molecular weight is 163 g/mol. The first-order valence-electron chi connectivity index (χ1n) is 3.32. The maximum absolute atomic E-state index is 13.0. The zero-order chi connectivity index (χ0) is 8.39. The van der Waals surface area contributed by atoms with Gasteiger partial charge in [0.25, 0.3) is 5.89 Å². The summed E-state index contributed by atoms with van der Waals surface area (Å²) in [5.41, 5.74) is 0.297. The monoisotopic (exact) mass is 163 g/mol. The van der Waals surface area contributed by atoms with Crippen LogP contribution >= 0.6 is 0 Å². The van der Waals surface area contributed by atoms with Crippen molar-refractivity contribution in [2.45, 2.75) is 0 Å². The van der Waals surface area contributed by atoms with Gasteiger partial charge in [0.05, 0.1) is 5.56 Å². The molecule has 2 aromatic rings. The van der Waals surface area contributed by atoms with Crippen molar-refractivity contribution in [3.8, 4) is 11.5 Å². The molecule has 12 heavy (non-hydrogen) atoms. The SMILES string of the molecule is Fc1ccccc1-c1n[c]no1. The Morgan fingerprint density at radius 3 is 2.83 bits per heavy atom. The van der Waals surface area contributed by atoms with Crippen LogP contribution in [0.15, 0.2) is 28.8 Å². The fourth-order valence-electron chi connectivity index (χ4n) is 0.894. The van der Waals surface area contributed by atoms with Crippen molar-refractivity contribution in [3.05, 3.63) is 36.4 Å². The summed E-state index contributed by atoms with van der Waals surface area (Å²) in [5, 5.41) is 3.26. The Morgan fingerprint density at radius 1 is 1.33 bits per heavy atom. The third-order valence-electron chi connectivity index (χ3n) is 1.43. The van der Waals surface area contributed by atoms with Crippen LogP contribution in [0.1, 0.15) is 0 Å². The quantitative estimate of drug-likeness (QED) is 0.641. The maximum atomic E-state index is 13.0. The minimum Gasteiger partial charge on any atom is -0.333 e. The fourth-order valence-corrected chi connectivity index (χ4v) is 0.894. The van der Waals surface area contributed by atoms with Gasteiger partial charge in [-0.3, -0.25) is 0 Å². The normalized spacial score (nSPS) is 10.1. The van der Waals surface area contributed by atoms with Crippen molar-refractivity contribution in [2.24, 2.45) is 0 Å². The van der Waals surface area contributed by atoms with E-state index in [4.69, 9.17) is 0 Å². The topological polar surface area (TPSA) is 38.9 Å². The summed E-state index contributed by atoms with van der Waals surface area (Å²) in [7, 11) is 0. The molecule has 0 unspecified atom stereocenters. The van der Waals surface area contributed by atoms with Crippen LogP contribution in [0.5, 0.6) is 0 Å². The van der Waals surface area contributed by atoms with E-state index in [-0.39, 0.29) is 11.7 Å². The van der Waals surface area contributed by atoms with E-state index in [0.29, 0.717) is 5.56 Å². The third-order valence-corrected chi connectivity index (χ3v) is 1.43. The highest BCUT2D eigenvalue weighted by atomic mass is 19.1. The second-order valence-corrected chi connectivity index (χ2v) is 2.18. The average Bonchev–Trinajstić information content (AvgIpc) is 2.57. The van der Waals surface area contributed by atoms with E-state index < -0.39 is 0 Å². The maximum Gasteiger partial charge on any atom is 0.261 e. The Morgan fingerprint density at radius 2 is 2.17 bits per heavy atom. The standard InChI is InChI=1S/C8H4FN2O/c9-7-4-2-1-3-6(7)8-10-5-11-12-8/h1-4H. The van der Waals surface area contributed by atoms with Gasteiger partial charge in [-0.1, -0.05) is 17.3 Å². The lowest BCUT2D eigenvalue weighted by Crippen LogP contribution is -1.82. The smallest absolute Gasteiger partial charge is 0.261 e. The van der Waals surface area contributed by atoms with Gasteiger partial charge in [0.1, 0.15) is 5.82 Å². The van der Waals surface area contributed by atoms with Gasteiger partial charge in [-0.05, 0) is 12.1 Å². The predicted molar refractivity (Wildman–Crippen MR) is 38.5 cm³/mol. The molecule has 0 fully saturated rings. The van der Waals surface area contributed by atoms with Crippen molar-refractivity contribution in [2.75, 3.05) is 0 Å². The molecule has 1 aromatic carbocycles. The largest absolute Gasteiger partial charge is 0.333 e. The number of rotatable bonds is 1. The lowest BCUT2D eigenvalue weighted by Gasteiger charge is -1.93. The summed E-state index contributed by atoms with van der Waals surface area (Å²) < 4.78 is 17.7. The summed E-state index contributed by atoms with van der Waals surface area (Å²) in [6.45, 7) is 0. The molecule has 3 nitrogen and oxygen atoms in total.